The molecule has 22 heavy (non-hydrogen) atoms. The molecule has 0 spiro atoms. The van der Waals surface area contributed by atoms with E-state index in [0.29, 0.717) is 5.17 Å². The van der Waals surface area contributed by atoms with Gasteiger partial charge >= 0.3 is 0 Å². The third-order valence-corrected chi connectivity index (χ3v) is 4.76. The predicted octanol–water partition coefficient (Wildman–Crippen LogP) is 2.22. The Kier molecular flexibility index (Phi) is 6.29. The Morgan fingerprint density at radius 3 is 2.36 bits per heavy atom. The number of nitrogens with zero attached hydrogens (tertiary/aromatic N) is 5. The molecule has 1 aromatic rings. The van der Waals surface area contributed by atoms with Crippen LogP contribution in [0.3, 0.4) is 0 Å². The van der Waals surface area contributed by atoms with E-state index < -0.39 is 0 Å². The van der Waals surface area contributed by atoms with Gasteiger partial charge in [-0.05, 0) is 56.6 Å². The molecule has 1 radical (unpaired) electrons. The van der Waals surface area contributed by atoms with E-state index in [4.69, 9.17) is 12.6 Å². The van der Waals surface area contributed by atoms with Crippen molar-refractivity contribution in [3.05, 3.63) is 24.0 Å². The number of fused-ring (bicyclic) bond motifs is 4. The molecule has 0 atom stereocenters. The first-order valence-electron chi connectivity index (χ1n) is 7.54. The molecule has 0 aromatic carbocycles. The van der Waals surface area contributed by atoms with Crippen LogP contribution in [-0.2, 0) is 29.7 Å². The zero-order valence-electron chi connectivity index (χ0n) is 12.6. The van der Waals surface area contributed by atoms with Gasteiger partial charge in [-0.15, -0.1) is 5.10 Å². The summed E-state index contributed by atoms with van der Waals surface area (Å²) < 4.78 is 0. The molecule has 2 aliphatic heterocycles. The molecule has 1 saturated carbocycles. The van der Waals surface area contributed by atoms with E-state index in [2.05, 4.69) is 25.3 Å². The van der Waals surface area contributed by atoms with E-state index in [1.807, 2.05) is 19.1 Å². The van der Waals surface area contributed by atoms with Crippen LogP contribution in [-0.4, -0.2) is 39.1 Å². The molecule has 1 aromatic heterocycles. The summed E-state index contributed by atoms with van der Waals surface area (Å²) in [5.74, 6) is 1.56. The number of hydrogen-bond donors (Lipinski definition) is 0. The summed E-state index contributed by atoms with van der Waals surface area (Å²) in [4.78, 5) is 2.23. The van der Waals surface area contributed by atoms with Crippen LogP contribution >= 0.6 is 0 Å². The zero-order chi connectivity index (χ0) is 14.7. The van der Waals surface area contributed by atoms with Crippen LogP contribution in [0.5, 0.6) is 0 Å². The topological polar surface area (TPSA) is 53.7 Å². The average molecular weight is 366 g/mol. The van der Waals surface area contributed by atoms with Crippen LogP contribution in [0.25, 0.3) is 0 Å². The molecule has 7 heteroatoms. The molecule has 3 fully saturated rings. The van der Waals surface area contributed by atoms with Crippen molar-refractivity contribution in [1.29, 1.82) is 0 Å². The molecule has 0 unspecified atom stereocenters. The first-order valence-corrected chi connectivity index (χ1v) is 7.95. The van der Waals surface area contributed by atoms with Crippen LogP contribution in [0.2, 0.25) is 0 Å². The fraction of sp³-hybridized carbons (Fsp3) is 0.600. The van der Waals surface area contributed by atoms with Gasteiger partial charge in [0.2, 0.25) is 0 Å². The van der Waals surface area contributed by atoms with Crippen LogP contribution in [0.4, 0.5) is 0 Å². The molecule has 3 aliphatic rings. The summed E-state index contributed by atoms with van der Waals surface area (Å²) in [6.07, 6.45) is 7.00. The monoisotopic (exact) mass is 365 g/mol. The minimum Gasteiger partial charge on any atom is -0.741 e. The smallest absolute Gasteiger partial charge is 0.109 e. The van der Waals surface area contributed by atoms with Gasteiger partial charge in [0, 0.05) is 41.5 Å². The van der Waals surface area contributed by atoms with E-state index in [1.165, 1.54) is 25.7 Å². The molecule has 3 heterocycles. The third-order valence-electron chi connectivity index (χ3n) is 4.42. The quantitative estimate of drug-likeness (QED) is 0.265. The minimum absolute atomic E-state index is 0. The zero-order valence-corrected chi connectivity index (χ0v) is 14.3. The van der Waals surface area contributed by atoms with Crippen molar-refractivity contribution < 1.29 is 17.1 Å². The maximum atomic E-state index is 5.45. The second-order valence-corrected chi connectivity index (χ2v) is 6.33. The summed E-state index contributed by atoms with van der Waals surface area (Å²) in [6, 6.07) is 3.71. The summed E-state index contributed by atoms with van der Waals surface area (Å²) in [5, 5.41) is 16.9. The number of rotatable bonds is 2. The van der Waals surface area contributed by atoms with E-state index >= 15 is 0 Å². The Balaban J connectivity index is 0.00000176. The van der Waals surface area contributed by atoms with Crippen LogP contribution < -0.4 is 0 Å². The maximum absolute atomic E-state index is 5.45. The maximum Gasteiger partial charge on any atom is 0.109 e. The summed E-state index contributed by atoms with van der Waals surface area (Å²) >= 11 is 5.45. The van der Waals surface area contributed by atoms with E-state index in [-0.39, 0.29) is 17.1 Å². The SMILES string of the molecule is C/C(=N\N=C(/[S-])N1CC2CCC(CC2)C1)c1cccnn1.[Cu]. The standard InChI is InChI=1S/C15H21N5S.Cu/c1-11(14-3-2-8-16-18-14)17-19-15(21)20-9-12-4-5-13(10-20)7-6-12;/h2-3,8,12-13H,4-7,9-10H2,1H3,(H,19,21);/p-1/b17-11+;. The normalized spacial score (nSPS) is 25.6. The predicted molar refractivity (Wildman–Crippen MR) is 86.1 cm³/mol. The van der Waals surface area contributed by atoms with Gasteiger partial charge in [-0.25, -0.2) is 0 Å². The fourth-order valence-electron chi connectivity index (χ4n) is 3.18. The number of hydrogen-bond acceptors (Lipinski definition) is 5. The van der Waals surface area contributed by atoms with Gasteiger partial charge in [-0.1, -0.05) is 0 Å². The molecule has 0 amide bonds. The van der Waals surface area contributed by atoms with Crippen LogP contribution in [0.15, 0.2) is 28.5 Å². The molecule has 2 saturated heterocycles. The first-order chi connectivity index (χ1) is 10.2. The van der Waals surface area contributed by atoms with E-state index in [0.717, 1.165) is 36.3 Å². The van der Waals surface area contributed by atoms with Gasteiger partial charge in [-0.3, -0.25) is 0 Å². The largest absolute Gasteiger partial charge is 0.741 e. The van der Waals surface area contributed by atoms with Crippen LogP contribution in [0.1, 0.15) is 38.3 Å². The van der Waals surface area contributed by atoms with Gasteiger partial charge < -0.3 is 17.5 Å². The fourth-order valence-corrected chi connectivity index (χ4v) is 3.37. The van der Waals surface area contributed by atoms with Crippen molar-refractivity contribution in [2.24, 2.45) is 22.0 Å². The van der Waals surface area contributed by atoms with Gasteiger partial charge in [0.15, 0.2) is 0 Å². The van der Waals surface area contributed by atoms with Gasteiger partial charge in [0.25, 0.3) is 0 Å². The Morgan fingerprint density at radius 2 is 1.82 bits per heavy atom. The summed E-state index contributed by atoms with van der Waals surface area (Å²) in [7, 11) is 0. The molecular weight excluding hydrogens is 346 g/mol. The minimum atomic E-state index is 0. The molecule has 123 valence electrons. The van der Waals surface area contributed by atoms with Gasteiger partial charge in [0.1, 0.15) is 5.69 Å². The molecule has 1 aliphatic carbocycles. The van der Waals surface area contributed by atoms with Crippen molar-refractivity contribution in [2.45, 2.75) is 32.6 Å². The molecule has 0 N–H and O–H groups in total. The third kappa shape index (κ3) is 4.24. The van der Waals surface area contributed by atoms with Crippen LogP contribution in [0, 0.1) is 11.8 Å². The van der Waals surface area contributed by atoms with E-state index in [1.54, 1.807) is 6.20 Å². The molecule has 5 nitrogen and oxygen atoms in total. The Labute approximate surface area is 147 Å². The molecule has 2 bridgehead atoms. The molecule has 4 rings (SSSR count). The number of aromatic nitrogens is 2. The van der Waals surface area contributed by atoms with Gasteiger partial charge in [-0.2, -0.15) is 15.3 Å². The van der Waals surface area contributed by atoms with Crippen molar-refractivity contribution in [3.8, 4) is 0 Å². The Hall–Kier alpha value is -1.04. The second kappa shape index (κ2) is 7.99. The van der Waals surface area contributed by atoms with Crippen molar-refractivity contribution >= 4 is 23.5 Å². The van der Waals surface area contributed by atoms with Crippen molar-refractivity contribution in [1.82, 2.24) is 15.1 Å². The molecular formula is C15H20CuN5S-. The Morgan fingerprint density at radius 1 is 1.18 bits per heavy atom. The van der Waals surface area contributed by atoms with Crippen molar-refractivity contribution in [2.75, 3.05) is 13.1 Å². The number of amidine groups is 1. The second-order valence-electron chi connectivity index (χ2n) is 5.97. The Bertz CT molecular complexity index is 526. The first kappa shape index (κ1) is 17.3. The van der Waals surface area contributed by atoms with Gasteiger partial charge in [0.05, 0.1) is 5.71 Å². The average Bonchev–Trinajstić information content (AvgIpc) is 2.87. The summed E-state index contributed by atoms with van der Waals surface area (Å²) in [5.41, 5.74) is 1.48. The summed E-state index contributed by atoms with van der Waals surface area (Å²) in [6.45, 7) is 3.96. The van der Waals surface area contributed by atoms with E-state index in [9.17, 15) is 0 Å². The van der Waals surface area contributed by atoms with Crippen molar-refractivity contribution in [3.63, 3.8) is 0 Å².